The van der Waals surface area contributed by atoms with Crippen LogP contribution in [0.1, 0.15) is 23.1 Å². The number of allylic oxidation sites excluding steroid dienone is 1. The van der Waals surface area contributed by atoms with Gasteiger partial charge in [-0.2, -0.15) is 15.3 Å². The average Bonchev–Trinajstić information content (AvgIpc) is 3.22. The quantitative estimate of drug-likeness (QED) is 0.0303. The minimum atomic E-state index is -4.87. The van der Waals surface area contributed by atoms with Crippen LogP contribution in [0.3, 0.4) is 0 Å². The Morgan fingerprint density at radius 3 is 2.05 bits per heavy atom. The van der Waals surface area contributed by atoms with Gasteiger partial charge in [0, 0.05) is 30.5 Å². The van der Waals surface area contributed by atoms with Gasteiger partial charge in [-0.1, -0.05) is 24.3 Å². The Kier molecular flexibility index (Phi) is 19.8. The standard InChI is InChI=1S/C41H49N5O11S2.Na/c1-30-25-38(45-46-39-27-31-9-10-35(42-33-7-4-3-5-8-33)26-32(31)28-41(39)59(50,51)52)40(53-2)29-37(30)44-43-34-11-13-36(14-12-34)58(48,49)24-6-16-54-18-20-56-22-23-57-21-19-55-17-15-47;/h3-5,7-14,25-26,28-29,42,45,47H,6,15-24,27H2,1-2H3,(H,50,51,52);/q;+1/p-1/b44-43?,46-39+;. The number of fused-ring (bicyclic) bond motifs is 1. The van der Waals surface area contributed by atoms with Gasteiger partial charge in [-0.25, -0.2) is 16.8 Å². The van der Waals surface area contributed by atoms with Gasteiger partial charge in [-0.15, -0.1) is 0 Å². The molecule has 4 aromatic carbocycles. The van der Waals surface area contributed by atoms with Gasteiger partial charge in [0.25, 0.3) is 0 Å². The maximum atomic E-state index is 12.9. The topological polar surface area (TPSA) is 219 Å². The summed E-state index contributed by atoms with van der Waals surface area (Å²) < 4.78 is 89.8. The Morgan fingerprint density at radius 1 is 0.767 bits per heavy atom. The van der Waals surface area contributed by atoms with Gasteiger partial charge >= 0.3 is 29.6 Å². The third kappa shape index (κ3) is 15.1. The first kappa shape index (κ1) is 48.6. The molecule has 3 N–H and O–H groups in total. The molecule has 0 unspecified atom stereocenters. The van der Waals surface area contributed by atoms with E-state index in [9.17, 15) is 21.4 Å². The number of aliphatic hydroxyl groups is 1. The molecule has 0 aliphatic heterocycles. The number of ether oxygens (including phenoxy) is 5. The van der Waals surface area contributed by atoms with Crippen LogP contribution in [0.2, 0.25) is 0 Å². The molecule has 0 heterocycles. The Morgan fingerprint density at radius 2 is 1.42 bits per heavy atom. The fourth-order valence-electron chi connectivity index (χ4n) is 5.76. The van der Waals surface area contributed by atoms with Crippen molar-refractivity contribution in [1.82, 2.24) is 0 Å². The van der Waals surface area contributed by atoms with Crippen molar-refractivity contribution in [1.29, 1.82) is 0 Å². The van der Waals surface area contributed by atoms with E-state index in [1.54, 1.807) is 37.3 Å². The summed E-state index contributed by atoms with van der Waals surface area (Å²) in [5.41, 5.74) is 7.87. The molecule has 0 amide bonds. The fourth-order valence-corrected chi connectivity index (χ4v) is 7.72. The average molecular weight is 874 g/mol. The number of aliphatic hydroxyl groups excluding tert-OH is 1. The monoisotopic (exact) mass is 873 g/mol. The van der Waals surface area contributed by atoms with Crippen molar-refractivity contribution in [3.05, 3.63) is 107 Å². The second kappa shape index (κ2) is 24.4. The molecule has 19 heteroatoms. The molecule has 1 aliphatic carbocycles. The van der Waals surface area contributed by atoms with Gasteiger partial charge in [0.2, 0.25) is 0 Å². The van der Waals surface area contributed by atoms with Crippen LogP contribution in [-0.4, -0.2) is 105 Å². The van der Waals surface area contributed by atoms with Crippen LogP contribution in [-0.2, 0) is 45.3 Å². The second-order valence-electron chi connectivity index (χ2n) is 13.1. The summed E-state index contributed by atoms with van der Waals surface area (Å²) in [7, 11) is -6.97. The van der Waals surface area contributed by atoms with Crippen LogP contribution in [0.25, 0.3) is 6.08 Å². The Bertz CT molecular complexity index is 2310. The number of rotatable bonds is 24. The number of hydrogen-bond acceptors (Lipinski definition) is 16. The number of anilines is 3. The van der Waals surface area contributed by atoms with E-state index in [1.165, 1.54) is 25.3 Å². The summed E-state index contributed by atoms with van der Waals surface area (Å²) in [6.07, 6.45) is 1.75. The van der Waals surface area contributed by atoms with E-state index in [0.29, 0.717) is 80.0 Å². The largest absolute Gasteiger partial charge is 1.00 e. The number of methoxy groups -OCH3 is 1. The summed E-state index contributed by atoms with van der Waals surface area (Å²) >= 11 is 0. The number of hydrogen-bond donors (Lipinski definition) is 3. The molecule has 0 radical (unpaired) electrons. The van der Waals surface area contributed by atoms with Crippen LogP contribution in [0.15, 0.2) is 110 Å². The number of hydrazone groups is 1. The van der Waals surface area contributed by atoms with Crippen molar-refractivity contribution >= 4 is 60.2 Å². The number of nitrogens with one attached hydrogen (secondary N) is 2. The smallest absolute Gasteiger partial charge is 0.744 e. The summed E-state index contributed by atoms with van der Waals surface area (Å²) in [6, 6.07) is 24.4. The van der Waals surface area contributed by atoms with Crippen LogP contribution in [0.4, 0.5) is 28.4 Å². The van der Waals surface area contributed by atoms with Gasteiger partial charge in [-0.05, 0) is 90.7 Å². The molecule has 0 bridgehead atoms. The van der Waals surface area contributed by atoms with Crippen molar-refractivity contribution in [3.63, 3.8) is 0 Å². The van der Waals surface area contributed by atoms with Crippen molar-refractivity contribution in [2.24, 2.45) is 15.3 Å². The number of aryl methyl sites for hydroxylation is 1. The molecule has 16 nitrogen and oxygen atoms in total. The first-order valence-corrected chi connectivity index (χ1v) is 21.8. The molecule has 0 saturated carbocycles. The molecule has 0 spiro atoms. The van der Waals surface area contributed by atoms with E-state index in [0.717, 1.165) is 16.9 Å². The molecule has 5 rings (SSSR count). The Balaban J connectivity index is 0.00000794. The van der Waals surface area contributed by atoms with Crippen LogP contribution in [0.5, 0.6) is 5.75 Å². The molecule has 4 aromatic rings. The third-order valence-electron chi connectivity index (χ3n) is 8.76. The molecular formula is C41H48N5NaO11S2. The molecule has 1 aliphatic rings. The zero-order chi connectivity index (χ0) is 42.1. The van der Waals surface area contributed by atoms with Gasteiger partial charge in [0.05, 0.1) is 98.3 Å². The van der Waals surface area contributed by atoms with Gasteiger partial charge < -0.3 is 38.7 Å². The first-order valence-electron chi connectivity index (χ1n) is 18.8. The van der Waals surface area contributed by atoms with Crippen molar-refractivity contribution < 1.29 is 79.7 Å². The second-order valence-corrected chi connectivity index (χ2v) is 16.6. The molecule has 0 fully saturated rings. The zero-order valence-electron chi connectivity index (χ0n) is 33.8. The third-order valence-corrected chi connectivity index (χ3v) is 11.5. The van der Waals surface area contributed by atoms with Crippen LogP contribution < -0.4 is 45.0 Å². The molecule has 316 valence electrons. The van der Waals surface area contributed by atoms with Crippen molar-refractivity contribution in [3.8, 4) is 5.75 Å². The molecule has 0 aromatic heterocycles. The minimum Gasteiger partial charge on any atom is -0.744 e. The van der Waals surface area contributed by atoms with Crippen LogP contribution >= 0.6 is 0 Å². The maximum absolute atomic E-state index is 12.9. The number of sulfone groups is 1. The van der Waals surface area contributed by atoms with Crippen molar-refractivity contribution in [2.75, 3.05) is 83.1 Å². The predicted octanol–water partition coefficient (Wildman–Crippen LogP) is 3.30. The summed E-state index contributed by atoms with van der Waals surface area (Å²) in [6.45, 7) is 4.64. The minimum absolute atomic E-state index is 0. The van der Waals surface area contributed by atoms with Crippen molar-refractivity contribution in [2.45, 2.75) is 24.7 Å². The molecule has 60 heavy (non-hydrogen) atoms. The maximum Gasteiger partial charge on any atom is 1.00 e. The van der Waals surface area contributed by atoms with Gasteiger partial charge in [0.1, 0.15) is 15.9 Å². The normalized spacial score (nSPS) is 13.5. The van der Waals surface area contributed by atoms with E-state index in [4.69, 9.17) is 28.8 Å². The SMILES string of the molecule is COc1cc(N=Nc2ccc(S(=O)(=O)CCCOCCOCCOCCOCCO)cc2)c(C)cc1N/N=C1\Cc2ccc(Nc3ccccc3)cc2C=C1S(=O)(=O)[O-].[Na+]. The first-order chi connectivity index (χ1) is 28.5. The van der Waals surface area contributed by atoms with Gasteiger partial charge in [0.15, 0.2) is 9.84 Å². The van der Waals surface area contributed by atoms with E-state index in [2.05, 4.69) is 26.1 Å². The molecular weight excluding hydrogens is 826 g/mol. The fraction of sp³-hybridized carbons (Fsp3) is 0.341. The Hall–Kier alpha value is -4.05. The van der Waals surface area contributed by atoms with Crippen LogP contribution in [0, 0.1) is 6.92 Å². The Labute approximate surface area is 373 Å². The summed E-state index contributed by atoms with van der Waals surface area (Å²) in [5, 5.41) is 24.9. The number of azo groups is 1. The van der Waals surface area contributed by atoms with E-state index < -0.39 is 24.9 Å². The van der Waals surface area contributed by atoms with E-state index in [-0.39, 0.29) is 72.2 Å². The predicted molar refractivity (Wildman–Crippen MR) is 224 cm³/mol. The molecule has 0 atom stereocenters. The number of nitrogens with zero attached hydrogens (tertiary/aromatic N) is 3. The zero-order valence-corrected chi connectivity index (χ0v) is 37.5. The van der Waals surface area contributed by atoms with E-state index >= 15 is 0 Å². The van der Waals surface area contributed by atoms with E-state index in [1.807, 2.05) is 42.5 Å². The number of para-hydroxylation sites is 1. The summed E-state index contributed by atoms with van der Waals surface area (Å²) in [4.78, 5) is -0.275. The number of benzene rings is 4. The van der Waals surface area contributed by atoms with Gasteiger partial charge in [-0.3, -0.25) is 5.43 Å². The molecule has 0 saturated heterocycles. The summed E-state index contributed by atoms with van der Waals surface area (Å²) in [5.74, 6) is 0.245.